The van der Waals surface area contributed by atoms with Crippen LogP contribution in [0.1, 0.15) is 44.6 Å². The van der Waals surface area contributed by atoms with Gasteiger partial charge < -0.3 is 15.4 Å². The molecule has 164 valence electrons. The number of ether oxygens (including phenoxy) is 1. The van der Waals surface area contributed by atoms with Crippen LogP contribution in [0.2, 0.25) is 0 Å². The summed E-state index contributed by atoms with van der Waals surface area (Å²) in [6.45, 7) is 5.33. The molecule has 1 aromatic carbocycles. The van der Waals surface area contributed by atoms with Crippen molar-refractivity contribution in [1.82, 2.24) is 14.9 Å². The number of nitrogens with zero attached hydrogens (tertiary/aromatic N) is 2. The zero-order valence-corrected chi connectivity index (χ0v) is 20.5. The third-order valence-electron chi connectivity index (χ3n) is 5.47. The molecule has 0 saturated carbocycles. The Morgan fingerprint density at radius 3 is 2.62 bits per heavy atom. The van der Waals surface area contributed by atoms with Crippen molar-refractivity contribution in [3.8, 4) is 0 Å². The van der Waals surface area contributed by atoms with Crippen LogP contribution >= 0.6 is 24.0 Å². The second-order valence-electron chi connectivity index (χ2n) is 7.79. The lowest BCUT2D eigenvalue weighted by atomic mass is 10.0. The predicted molar refractivity (Wildman–Crippen MR) is 126 cm³/mol. The van der Waals surface area contributed by atoms with Gasteiger partial charge in [0.15, 0.2) is 5.96 Å². The van der Waals surface area contributed by atoms with E-state index >= 15 is 0 Å². The highest BCUT2D eigenvalue weighted by molar-refractivity contribution is 14.0. The van der Waals surface area contributed by atoms with Crippen LogP contribution in [-0.4, -0.2) is 57.6 Å². The van der Waals surface area contributed by atoms with Crippen LogP contribution in [0.3, 0.4) is 0 Å². The summed E-state index contributed by atoms with van der Waals surface area (Å²) >= 11 is 0. The Bertz CT molecular complexity index is 789. The molecule has 2 aliphatic heterocycles. The van der Waals surface area contributed by atoms with Gasteiger partial charge >= 0.3 is 0 Å². The molecule has 2 heterocycles. The lowest BCUT2D eigenvalue weighted by molar-refractivity contribution is 0.0243. The van der Waals surface area contributed by atoms with Crippen molar-refractivity contribution < 1.29 is 13.2 Å². The largest absolute Gasteiger partial charge is 0.373 e. The summed E-state index contributed by atoms with van der Waals surface area (Å²) in [4.78, 5) is 4.62. The molecule has 9 heteroatoms. The van der Waals surface area contributed by atoms with Crippen molar-refractivity contribution in [2.24, 2.45) is 4.99 Å². The van der Waals surface area contributed by atoms with E-state index in [-0.39, 0.29) is 29.6 Å². The molecule has 0 spiro atoms. The summed E-state index contributed by atoms with van der Waals surface area (Å²) in [7, 11) is -1.69. The van der Waals surface area contributed by atoms with Gasteiger partial charge in [0.05, 0.1) is 10.5 Å². The number of piperidine rings is 1. The van der Waals surface area contributed by atoms with E-state index in [1.807, 2.05) is 6.07 Å². The van der Waals surface area contributed by atoms with Gasteiger partial charge in [-0.05, 0) is 50.3 Å². The molecule has 0 aromatic heterocycles. The van der Waals surface area contributed by atoms with Crippen molar-refractivity contribution >= 4 is 40.0 Å². The maximum Gasteiger partial charge on any atom is 0.243 e. The van der Waals surface area contributed by atoms with Gasteiger partial charge in [0.2, 0.25) is 10.0 Å². The number of benzene rings is 1. The van der Waals surface area contributed by atoms with Gasteiger partial charge in [0.1, 0.15) is 0 Å². The summed E-state index contributed by atoms with van der Waals surface area (Å²) in [6.07, 6.45) is 5.10. The molecule has 0 bridgehead atoms. The summed E-state index contributed by atoms with van der Waals surface area (Å²) in [5.41, 5.74) is 0.754. The van der Waals surface area contributed by atoms with E-state index in [0.29, 0.717) is 37.0 Å². The summed E-state index contributed by atoms with van der Waals surface area (Å²) in [5.74, 6) is 0.681. The number of hydrogen-bond acceptors (Lipinski definition) is 4. The van der Waals surface area contributed by atoms with E-state index < -0.39 is 10.0 Å². The van der Waals surface area contributed by atoms with E-state index in [1.165, 1.54) is 0 Å². The van der Waals surface area contributed by atoms with Crippen LogP contribution < -0.4 is 10.6 Å². The molecule has 0 amide bonds. The third-order valence-corrected chi connectivity index (χ3v) is 7.36. The number of rotatable bonds is 6. The molecule has 1 aromatic rings. The molecule has 7 nitrogen and oxygen atoms in total. The minimum absolute atomic E-state index is 0. The van der Waals surface area contributed by atoms with E-state index in [4.69, 9.17) is 4.74 Å². The Kier molecular flexibility index (Phi) is 9.17. The quantitative estimate of drug-likeness (QED) is 0.332. The van der Waals surface area contributed by atoms with Gasteiger partial charge in [-0.25, -0.2) is 8.42 Å². The number of halogens is 1. The first-order chi connectivity index (χ1) is 13.4. The average Bonchev–Trinajstić information content (AvgIpc) is 3.16. The normalized spacial score (nSPS) is 23.4. The number of sulfonamides is 1. The zero-order chi connectivity index (χ0) is 20.0. The third kappa shape index (κ3) is 6.53. The van der Waals surface area contributed by atoms with Crippen molar-refractivity contribution in [2.75, 3.05) is 33.3 Å². The molecular weight excluding hydrogens is 503 g/mol. The molecule has 0 aliphatic carbocycles. The number of aliphatic imine (C=N–C) groups is 1. The second kappa shape index (κ2) is 10.9. The summed E-state index contributed by atoms with van der Waals surface area (Å²) in [6, 6.07) is 7.17. The summed E-state index contributed by atoms with van der Waals surface area (Å²) in [5, 5.41) is 6.57. The molecule has 2 fully saturated rings. The molecule has 0 radical (unpaired) electrons. The fraction of sp³-hybridized carbons (Fsp3) is 0.650. The predicted octanol–water partition coefficient (Wildman–Crippen LogP) is 2.71. The topological polar surface area (TPSA) is 83.0 Å². The van der Waals surface area contributed by atoms with E-state index in [9.17, 15) is 8.42 Å². The molecule has 1 unspecified atom stereocenters. The molecule has 29 heavy (non-hydrogen) atoms. The molecule has 3 rings (SSSR count). The van der Waals surface area contributed by atoms with Crippen LogP contribution in [0.25, 0.3) is 0 Å². The Balaban J connectivity index is 0.00000300. The Labute approximate surface area is 191 Å². The number of guanidine groups is 1. The second-order valence-corrected chi connectivity index (χ2v) is 9.73. The lowest BCUT2D eigenvalue weighted by Crippen LogP contribution is -2.45. The summed E-state index contributed by atoms with van der Waals surface area (Å²) < 4.78 is 33.1. The van der Waals surface area contributed by atoms with Crippen molar-refractivity contribution in [3.05, 3.63) is 29.8 Å². The van der Waals surface area contributed by atoms with Gasteiger partial charge in [-0.2, -0.15) is 4.31 Å². The highest BCUT2D eigenvalue weighted by atomic mass is 127. The standard InChI is InChI=1S/C20H32N4O3S.HI/c1-20(10-7-13-27-20)16-23-19(21-2)22-15-17-8-6-9-18(14-17)28(25,26)24-11-4-3-5-12-24;/h6,8-9,14H,3-5,7,10-13,15-16H2,1-2H3,(H2,21,22,23);1H. The molecule has 2 aliphatic rings. The van der Waals surface area contributed by atoms with Gasteiger partial charge in [-0.15, -0.1) is 24.0 Å². The minimum Gasteiger partial charge on any atom is -0.373 e. The number of hydrogen-bond donors (Lipinski definition) is 2. The molecular formula is C20H33IN4O3S. The first kappa shape index (κ1) is 24.4. The van der Waals surface area contributed by atoms with Crippen LogP contribution in [0.5, 0.6) is 0 Å². The average molecular weight is 536 g/mol. The highest BCUT2D eigenvalue weighted by Gasteiger charge is 2.29. The van der Waals surface area contributed by atoms with Crippen LogP contribution in [0.4, 0.5) is 0 Å². The van der Waals surface area contributed by atoms with Crippen molar-refractivity contribution in [2.45, 2.75) is 56.1 Å². The number of nitrogens with one attached hydrogen (secondary N) is 2. The smallest absolute Gasteiger partial charge is 0.243 e. The zero-order valence-electron chi connectivity index (χ0n) is 17.3. The Morgan fingerprint density at radius 1 is 1.21 bits per heavy atom. The van der Waals surface area contributed by atoms with E-state index in [1.54, 1.807) is 29.6 Å². The monoisotopic (exact) mass is 536 g/mol. The Hall–Kier alpha value is -0.910. The van der Waals surface area contributed by atoms with Gasteiger partial charge in [-0.3, -0.25) is 4.99 Å². The lowest BCUT2D eigenvalue weighted by Gasteiger charge is -2.26. The van der Waals surface area contributed by atoms with Gasteiger partial charge in [0.25, 0.3) is 0 Å². The van der Waals surface area contributed by atoms with Gasteiger partial charge in [0, 0.05) is 39.8 Å². The maximum atomic E-state index is 12.9. The van der Waals surface area contributed by atoms with E-state index in [2.05, 4.69) is 22.5 Å². The van der Waals surface area contributed by atoms with Crippen LogP contribution in [0, 0.1) is 0 Å². The SMILES string of the molecule is CN=C(NCc1cccc(S(=O)(=O)N2CCCCC2)c1)NCC1(C)CCCO1.I. The first-order valence-electron chi connectivity index (χ1n) is 10.1. The fourth-order valence-electron chi connectivity index (χ4n) is 3.72. The van der Waals surface area contributed by atoms with E-state index in [0.717, 1.165) is 44.3 Å². The molecule has 1 atom stereocenters. The fourth-order valence-corrected chi connectivity index (χ4v) is 5.31. The van der Waals surface area contributed by atoms with Crippen LogP contribution in [-0.2, 0) is 21.3 Å². The molecule has 2 saturated heterocycles. The van der Waals surface area contributed by atoms with Crippen molar-refractivity contribution in [3.63, 3.8) is 0 Å². The maximum absolute atomic E-state index is 12.9. The Morgan fingerprint density at radius 2 is 1.97 bits per heavy atom. The van der Waals surface area contributed by atoms with Crippen molar-refractivity contribution in [1.29, 1.82) is 0 Å². The van der Waals surface area contributed by atoms with Crippen LogP contribution in [0.15, 0.2) is 34.2 Å². The first-order valence-corrected chi connectivity index (χ1v) is 11.5. The van der Waals surface area contributed by atoms with Gasteiger partial charge in [-0.1, -0.05) is 18.6 Å². The highest BCUT2D eigenvalue weighted by Crippen LogP contribution is 2.24. The molecule has 2 N–H and O–H groups in total. The minimum atomic E-state index is -3.41.